The first kappa shape index (κ1) is 22.0. The molecule has 4 aromatic rings. The number of carbonyl (C=O) groups is 1. The first-order valence-electron chi connectivity index (χ1n) is 11.4. The fourth-order valence-corrected chi connectivity index (χ4v) is 5.50. The number of halogens is 1. The largest absolute Gasteiger partial charge is 0.481 e. The highest BCUT2D eigenvalue weighted by molar-refractivity contribution is 6.30. The average molecular weight is 490 g/mol. The van der Waals surface area contributed by atoms with Crippen LogP contribution < -0.4 is 20.5 Å². The number of ether oxygens (including phenoxy) is 1. The molecule has 5 heterocycles. The number of pyridine rings is 2. The molecule has 178 valence electrons. The molecule has 2 N–H and O–H groups in total. The summed E-state index contributed by atoms with van der Waals surface area (Å²) in [6.07, 6.45) is 3.62. The third-order valence-electron chi connectivity index (χ3n) is 6.96. The van der Waals surface area contributed by atoms with Crippen LogP contribution in [0.5, 0.6) is 5.88 Å². The van der Waals surface area contributed by atoms with Crippen LogP contribution in [0.3, 0.4) is 0 Å². The molecule has 2 saturated heterocycles. The van der Waals surface area contributed by atoms with E-state index in [1.165, 1.54) is 0 Å². The van der Waals surface area contributed by atoms with E-state index in [0.29, 0.717) is 10.9 Å². The number of benzene rings is 1. The van der Waals surface area contributed by atoms with E-state index in [4.69, 9.17) is 16.3 Å². The fourth-order valence-electron chi connectivity index (χ4n) is 5.37. The van der Waals surface area contributed by atoms with Crippen molar-refractivity contribution in [1.29, 1.82) is 0 Å². The minimum atomic E-state index is -0.383. The van der Waals surface area contributed by atoms with Gasteiger partial charge in [-0.1, -0.05) is 29.8 Å². The van der Waals surface area contributed by atoms with Crippen molar-refractivity contribution in [2.45, 2.75) is 32.0 Å². The molecule has 1 amide bonds. The van der Waals surface area contributed by atoms with Crippen molar-refractivity contribution in [1.82, 2.24) is 30.4 Å². The molecule has 0 aliphatic carbocycles. The zero-order valence-electron chi connectivity index (χ0n) is 19.4. The predicted molar refractivity (Wildman–Crippen MR) is 131 cm³/mol. The van der Waals surface area contributed by atoms with Gasteiger partial charge >= 0.3 is 0 Å². The van der Waals surface area contributed by atoms with Crippen LogP contribution in [0.4, 0.5) is 5.69 Å². The summed E-state index contributed by atoms with van der Waals surface area (Å²) in [6, 6.07) is 12.7. The van der Waals surface area contributed by atoms with Gasteiger partial charge in [0.15, 0.2) is 5.65 Å². The molecule has 10 heteroatoms. The van der Waals surface area contributed by atoms with Gasteiger partial charge in [0, 0.05) is 23.0 Å². The van der Waals surface area contributed by atoms with Crippen LogP contribution in [-0.4, -0.2) is 38.6 Å². The van der Waals surface area contributed by atoms with Crippen molar-refractivity contribution in [3.05, 3.63) is 82.4 Å². The molecule has 0 saturated carbocycles. The molecule has 3 unspecified atom stereocenters. The summed E-state index contributed by atoms with van der Waals surface area (Å²) in [5, 5.41) is 9.13. The Labute approximate surface area is 207 Å². The second-order valence-electron chi connectivity index (χ2n) is 8.95. The van der Waals surface area contributed by atoms with E-state index < -0.39 is 0 Å². The molecule has 2 aliphatic rings. The Morgan fingerprint density at radius 1 is 1.09 bits per heavy atom. The number of methoxy groups -OCH3 is 1. The SMILES string of the molecule is COc1ncccc1C1NNC2C1C(=O)N(c1cc(C)c3nnc(C)n3c1)[C@@H]2c1ccc(Cl)cc1. The van der Waals surface area contributed by atoms with Gasteiger partial charge in [0.25, 0.3) is 0 Å². The quantitative estimate of drug-likeness (QED) is 0.454. The summed E-state index contributed by atoms with van der Waals surface area (Å²) in [4.78, 5) is 20.4. The van der Waals surface area contributed by atoms with Crippen molar-refractivity contribution in [2.75, 3.05) is 12.0 Å². The Bertz CT molecular complexity index is 1440. The van der Waals surface area contributed by atoms with Crippen LogP contribution in [0.2, 0.25) is 5.02 Å². The third kappa shape index (κ3) is 3.38. The molecule has 1 aromatic carbocycles. The number of hydrogen-bond acceptors (Lipinski definition) is 7. The summed E-state index contributed by atoms with van der Waals surface area (Å²) < 4.78 is 7.44. The van der Waals surface area contributed by atoms with Gasteiger partial charge in [-0.2, -0.15) is 0 Å². The highest BCUT2D eigenvalue weighted by atomic mass is 35.5. The second-order valence-corrected chi connectivity index (χ2v) is 9.38. The van der Waals surface area contributed by atoms with Gasteiger partial charge < -0.3 is 9.64 Å². The maximum absolute atomic E-state index is 14.2. The second kappa shape index (κ2) is 8.30. The lowest BCUT2D eigenvalue weighted by atomic mass is 9.88. The number of aromatic nitrogens is 4. The Kier molecular flexibility index (Phi) is 5.21. The Balaban J connectivity index is 1.50. The summed E-state index contributed by atoms with van der Waals surface area (Å²) in [7, 11) is 1.59. The maximum atomic E-state index is 14.2. The van der Waals surface area contributed by atoms with E-state index in [1.807, 2.05) is 71.8 Å². The summed E-state index contributed by atoms with van der Waals surface area (Å²) in [5.74, 6) is 0.886. The van der Waals surface area contributed by atoms with Crippen molar-refractivity contribution in [3.8, 4) is 5.88 Å². The molecule has 9 nitrogen and oxygen atoms in total. The highest BCUT2D eigenvalue weighted by Crippen LogP contribution is 2.48. The zero-order valence-corrected chi connectivity index (χ0v) is 20.2. The lowest BCUT2D eigenvalue weighted by Crippen LogP contribution is -2.40. The van der Waals surface area contributed by atoms with E-state index in [1.54, 1.807) is 13.3 Å². The van der Waals surface area contributed by atoms with Crippen LogP contribution in [0.1, 0.15) is 34.6 Å². The van der Waals surface area contributed by atoms with Crippen LogP contribution in [0.25, 0.3) is 5.65 Å². The normalized spacial score (nSPS) is 23.8. The van der Waals surface area contributed by atoms with E-state index in [9.17, 15) is 4.79 Å². The first-order valence-corrected chi connectivity index (χ1v) is 11.8. The Hall–Kier alpha value is -3.53. The number of aryl methyl sites for hydroxylation is 2. The maximum Gasteiger partial charge on any atom is 0.234 e. The minimum absolute atomic E-state index is 0.00725. The molecule has 4 atom stereocenters. The molecular formula is C25H24ClN7O2. The molecular weight excluding hydrogens is 466 g/mol. The number of anilines is 1. The lowest BCUT2D eigenvalue weighted by Gasteiger charge is -2.29. The molecule has 6 rings (SSSR count). The standard InChI is InChI=1S/C25H24ClN7O2/c1-13-11-17(12-32-14(2)28-31-23(13)32)33-22(15-6-8-16(26)9-7-15)21-19(25(33)34)20(29-30-21)18-5-4-10-27-24(18)35-3/h4-12,19-22,29-30H,1-3H3/t19?,20?,21?,22-/m1/s1. The topological polar surface area (TPSA) is 96.7 Å². The smallest absolute Gasteiger partial charge is 0.234 e. The number of fused-ring (bicyclic) bond motifs is 2. The number of nitrogens with zero attached hydrogens (tertiary/aromatic N) is 5. The molecule has 0 bridgehead atoms. The van der Waals surface area contributed by atoms with Crippen LogP contribution >= 0.6 is 11.6 Å². The molecule has 0 radical (unpaired) electrons. The first-order chi connectivity index (χ1) is 17.0. The Morgan fingerprint density at radius 3 is 2.66 bits per heavy atom. The monoisotopic (exact) mass is 489 g/mol. The van der Waals surface area contributed by atoms with Gasteiger partial charge in [-0.15, -0.1) is 10.2 Å². The molecule has 2 fully saturated rings. The van der Waals surface area contributed by atoms with Gasteiger partial charge in [-0.25, -0.2) is 10.4 Å². The number of rotatable bonds is 4. The van der Waals surface area contributed by atoms with Gasteiger partial charge in [-0.05, 0) is 49.2 Å². The number of carbonyl (C=O) groups excluding carboxylic acids is 1. The predicted octanol–water partition coefficient (Wildman–Crippen LogP) is 3.32. The van der Waals surface area contributed by atoms with Crippen molar-refractivity contribution < 1.29 is 9.53 Å². The van der Waals surface area contributed by atoms with Gasteiger partial charge in [0.05, 0.1) is 36.8 Å². The lowest BCUT2D eigenvalue weighted by molar-refractivity contribution is -0.120. The number of nitrogens with one attached hydrogen (secondary N) is 2. The van der Waals surface area contributed by atoms with Crippen LogP contribution in [0.15, 0.2) is 54.9 Å². The van der Waals surface area contributed by atoms with Gasteiger partial charge in [-0.3, -0.25) is 14.6 Å². The highest BCUT2D eigenvalue weighted by Gasteiger charge is 2.56. The number of hydrogen-bond donors (Lipinski definition) is 2. The van der Waals surface area contributed by atoms with Crippen molar-refractivity contribution in [3.63, 3.8) is 0 Å². The van der Waals surface area contributed by atoms with Crippen LogP contribution in [-0.2, 0) is 4.79 Å². The average Bonchev–Trinajstić information content (AvgIpc) is 3.54. The minimum Gasteiger partial charge on any atom is -0.481 e. The third-order valence-corrected chi connectivity index (χ3v) is 7.21. The number of amides is 1. The molecule has 0 spiro atoms. The summed E-state index contributed by atoms with van der Waals surface area (Å²) >= 11 is 6.19. The fraction of sp³-hybridized carbons (Fsp3) is 0.280. The molecule has 2 aliphatic heterocycles. The van der Waals surface area contributed by atoms with E-state index in [0.717, 1.165) is 33.8 Å². The van der Waals surface area contributed by atoms with Gasteiger partial charge in [0.2, 0.25) is 11.8 Å². The van der Waals surface area contributed by atoms with Crippen molar-refractivity contribution >= 4 is 28.8 Å². The Morgan fingerprint density at radius 2 is 1.89 bits per heavy atom. The van der Waals surface area contributed by atoms with Crippen LogP contribution in [0, 0.1) is 19.8 Å². The van der Waals surface area contributed by atoms with Crippen molar-refractivity contribution in [2.24, 2.45) is 5.92 Å². The van der Waals surface area contributed by atoms with E-state index >= 15 is 0 Å². The summed E-state index contributed by atoms with van der Waals surface area (Å²) in [6.45, 7) is 3.88. The van der Waals surface area contributed by atoms with E-state index in [-0.39, 0.29) is 30.0 Å². The van der Waals surface area contributed by atoms with Gasteiger partial charge in [0.1, 0.15) is 5.82 Å². The zero-order chi connectivity index (χ0) is 24.3. The van der Waals surface area contributed by atoms with E-state index in [2.05, 4.69) is 26.0 Å². The molecule has 35 heavy (non-hydrogen) atoms. The summed E-state index contributed by atoms with van der Waals surface area (Å²) in [5.41, 5.74) is 11.1. The molecule has 3 aromatic heterocycles. The number of hydrazine groups is 1.